The number of fused-ring (bicyclic) bond motifs is 1. The van der Waals surface area contributed by atoms with Gasteiger partial charge in [0, 0.05) is 37.8 Å². The SMILES string of the molecule is COc1cc(CN2Cc3[nH]cnc3C(c3cccc(O)c3)C2)ccn1. The molecular formula is C19H20N4O2. The molecule has 0 saturated carbocycles. The first-order valence-electron chi connectivity index (χ1n) is 8.25. The minimum absolute atomic E-state index is 0.130. The maximum Gasteiger partial charge on any atom is 0.213 e. The molecule has 0 saturated heterocycles. The van der Waals surface area contributed by atoms with Gasteiger partial charge in [0.25, 0.3) is 0 Å². The van der Waals surface area contributed by atoms with Gasteiger partial charge in [-0.25, -0.2) is 9.97 Å². The summed E-state index contributed by atoms with van der Waals surface area (Å²) in [7, 11) is 1.63. The van der Waals surface area contributed by atoms with Crippen LogP contribution >= 0.6 is 0 Å². The highest BCUT2D eigenvalue weighted by Crippen LogP contribution is 2.33. The summed E-state index contributed by atoms with van der Waals surface area (Å²) in [5.74, 6) is 1.04. The zero-order valence-corrected chi connectivity index (χ0v) is 14.0. The Morgan fingerprint density at radius 2 is 2.20 bits per heavy atom. The standard InChI is InChI=1S/C19H20N4O2/c1-25-18-7-13(5-6-20-18)9-23-10-16(14-3-2-4-15(24)8-14)19-17(11-23)21-12-22-19/h2-8,12,16,24H,9-11H2,1H3,(H,21,22). The van der Waals surface area contributed by atoms with Gasteiger partial charge in [0.15, 0.2) is 0 Å². The topological polar surface area (TPSA) is 74.3 Å². The number of phenols is 1. The van der Waals surface area contributed by atoms with Crippen molar-refractivity contribution < 1.29 is 9.84 Å². The highest BCUT2D eigenvalue weighted by molar-refractivity contribution is 5.37. The molecule has 1 atom stereocenters. The zero-order valence-electron chi connectivity index (χ0n) is 14.0. The van der Waals surface area contributed by atoms with E-state index in [9.17, 15) is 5.11 Å². The first-order valence-corrected chi connectivity index (χ1v) is 8.25. The Morgan fingerprint density at radius 3 is 3.04 bits per heavy atom. The third-order valence-electron chi connectivity index (χ3n) is 4.59. The van der Waals surface area contributed by atoms with E-state index in [1.807, 2.05) is 30.3 Å². The number of methoxy groups -OCH3 is 1. The molecule has 3 heterocycles. The molecule has 0 aliphatic carbocycles. The Balaban J connectivity index is 1.61. The van der Waals surface area contributed by atoms with Crippen LogP contribution in [0, 0.1) is 0 Å². The molecule has 0 fully saturated rings. The van der Waals surface area contributed by atoms with Gasteiger partial charge in [-0.3, -0.25) is 4.90 Å². The summed E-state index contributed by atoms with van der Waals surface area (Å²) >= 11 is 0. The lowest BCUT2D eigenvalue weighted by Crippen LogP contribution is -2.33. The van der Waals surface area contributed by atoms with Crippen molar-refractivity contribution in [3.8, 4) is 11.6 Å². The fraction of sp³-hybridized carbons (Fsp3) is 0.263. The van der Waals surface area contributed by atoms with Crippen LogP contribution < -0.4 is 4.74 Å². The minimum Gasteiger partial charge on any atom is -0.508 e. The lowest BCUT2D eigenvalue weighted by Gasteiger charge is -2.32. The highest BCUT2D eigenvalue weighted by atomic mass is 16.5. The predicted octanol–water partition coefficient (Wildman–Crippen LogP) is 2.67. The summed E-state index contributed by atoms with van der Waals surface area (Å²) in [6.07, 6.45) is 3.52. The Kier molecular flexibility index (Phi) is 4.11. The minimum atomic E-state index is 0.130. The monoisotopic (exact) mass is 336 g/mol. The molecule has 4 rings (SSSR count). The van der Waals surface area contributed by atoms with Crippen LogP contribution in [0.3, 0.4) is 0 Å². The molecule has 6 nitrogen and oxygen atoms in total. The fourth-order valence-corrected chi connectivity index (χ4v) is 3.44. The van der Waals surface area contributed by atoms with Gasteiger partial charge in [-0.1, -0.05) is 12.1 Å². The summed E-state index contributed by atoms with van der Waals surface area (Å²) in [4.78, 5) is 14.3. The molecule has 0 bridgehead atoms. The number of aromatic hydroxyl groups is 1. The second-order valence-corrected chi connectivity index (χ2v) is 6.29. The molecule has 1 unspecified atom stereocenters. The van der Waals surface area contributed by atoms with Crippen LogP contribution in [0.2, 0.25) is 0 Å². The molecule has 1 aliphatic heterocycles. The average molecular weight is 336 g/mol. The summed E-state index contributed by atoms with van der Waals surface area (Å²) in [5, 5.41) is 9.84. The van der Waals surface area contributed by atoms with Gasteiger partial charge in [0.1, 0.15) is 5.75 Å². The van der Waals surface area contributed by atoms with Gasteiger partial charge >= 0.3 is 0 Å². The third-order valence-corrected chi connectivity index (χ3v) is 4.59. The molecule has 0 amide bonds. The molecule has 2 N–H and O–H groups in total. The van der Waals surface area contributed by atoms with Crippen LogP contribution in [0.5, 0.6) is 11.6 Å². The highest BCUT2D eigenvalue weighted by Gasteiger charge is 2.29. The Hall–Kier alpha value is -2.86. The van der Waals surface area contributed by atoms with Gasteiger partial charge in [0.05, 0.1) is 24.8 Å². The van der Waals surface area contributed by atoms with Crippen LogP contribution in [0.15, 0.2) is 48.9 Å². The number of aromatic amines is 1. The summed E-state index contributed by atoms with van der Waals surface area (Å²) in [6.45, 7) is 2.45. The lowest BCUT2D eigenvalue weighted by molar-refractivity contribution is 0.227. The molecule has 128 valence electrons. The molecular weight excluding hydrogens is 316 g/mol. The van der Waals surface area contributed by atoms with Crippen LogP contribution in [-0.4, -0.2) is 38.6 Å². The summed E-state index contributed by atoms with van der Waals surface area (Å²) < 4.78 is 5.22. The van der Waals surface area contributed by atoms with E-state index < -0.39 is 0 Å². The molecule has 0 spiro atoms. The number of nitrogens with one attached hydrogen (secondary N) is 1. The van der Waals surface area contributed by atoms with Crippen LogP contribution in [0.25, 0.3) is 0 Å². The molecule has 0 radical (unpaired) electrons. The van der Waals surface area contributed by atoms with E-state index in [-0.39, 0.29) is 11.7 Å². The second kappa shape index (κ2) is 6.57. The van der Waals surface area contributed by atoms with Gasteiger partial charge in [0.2, 0.25) is 5.88 Å². The number of benzene rings is 1. The van der Waals surface area contributed by atoms with Crippen molar-refractivity contribution in [2.75, 3.05) is 13.7 Å². The molecule has 2 aromatic heterocycles. The van der Waals surface area contributed by atoms with Crippen molar-refractivity contribution in [1.29, 1.82) is 0 Å². The Morgan fingerprint density at radius 1 is 1.28 bits per heavy atom. The van der Waals surface area contributed by atoms with E-state index in [0.29, 0.717) is 5.88 Å². The molecule has 1 aromatic carbocycles. The fourth-order valence-electron chi connectivity index (χ4n) is 3.44. The zero-order chi connectivity index (χ0) is 17.2. The van der Waals surface area contributed by atoms with Crippen molar-refractivity contribution in [2.45, 2.75) is 19.0 Å². The normalized spacial score (nSPS) is 17.2. The number of rotatable bonds is 4. The van der Waals surface area contributed by atoms with Gasteiger partial charge < -0.3 is 14.8 Å². The number of pyridine rings is 1. The van der Waals surface area contributed by atoms with Crippen molar-refractivity contribution in [2.24, 2.45) is 0 Å². The smallest absolute Gasteiger partial charge is 0.213 e. The number of ether oxygens (including phenoxy) is 1. The number of imidazole rings is 1. The largest absolute Gasteiger partial charge is 0.508 e. The van der Waals surface area contributed by atoms with E-state index in [1.54, 1.807) is 25.7 Å². The van der Waals surface area contributed by atoms with Crippen molar-refractivity contribution in [1.82, 2.24) is 19.9 Å². The molecule has 25 heavy (non-hydrogen) atoms. The van der Waals surface area contributed by atoms with E-state index in [0.717, 1.165) is 42.1 Å². The molecule has 6 heteroatoms. The Labute approximate surface area is 146 Å². The van der Waals surface area contributed by atoms with Gasteiger partial charge in [-0.05, 0) is 29.3 Å². The van der Waals surface area contributed by atoms with Crippen LogP contribution in [0.1, 0.15) is 28.4 Å². The van der Waals surface area contributed by atoms with E-state index >= 15 is 0 Å². The van der Waals surface area contributed by atoms with Gasteiger partial charge in [-0.15, -0.1) is 0 Å². The quantitative estimate of drug-likeness (QED) is 0.766. The summed E-state index contributed by atoms with van der Waals surface area (Å²) in [5.41, 5.74) is 4.42. The van der Waals surface area contributed by atoms with Crippen molar-refractivity contribution >= 4 is 0 Å². The maximum atomic E-state index is 9.84. The number of H-pyrrole nitrogens is 1. The second-order valence-electron chi connectivity index (χ2n) is 6.29. The molecule has 1 aliphatic rings. The summed E-state index contributed by atoms with van der Waals surface area (Å²) in [6, 6.07) is 11.4. The van der Waals surface area contributed by atoms with Crippen molar-refractivity contribution in [3.63, 3.8) is 0 Å². The number of phenolic OH excluding ortho intramolecular Hbond substituents is 1. The first kappa shape index (κ1) is 15.7. The lowest BCUT2D eigenvalue weighted by atomic mass is 9.90. The van der Waals surface area contributed by atoms with Crippen LogP contribution in [-0.2, 0) is 13.1 Å². The van der Waals surface area contributed by atoms with Crippen molar-refractivity contribution in [3.05, 3.63) is 71.4 Å². The predicted molar refractivity (Wildman–Crippen MR) is 93.4 cm³/mol. The average Bonchev–Trinajstić information content (AvgIpc) is 3.09. The number of hydrogen-bond acceptors (Lipinski definition) is 5. The van der Waals surface area contributed by atoms with E-state index in [2.05, 4.69) is 19.9 Å². The van der Waals surface area contributed by atoms with Gasteiger partial charge in [-0.2, -0.15) is 0 Å². The van der Waals surface area contributed by atoms with E-state index in [4.69, 9.17) is 4.74 Å². The Bertz CT molecular complexity index is 877. The first-order chi connectivity index (χ1) is 12.2. The third kappa shape index (κ3) is 3.21. The number of hydrogen-bond donors (Lipinski definition) is 2. The number of aromatic nitrogens is 3. The van der Waals surface area contributed by atoms with Crippen LogP contribution in [0.4, 0.5) is 0 Å². The maximum absolute atomic E-state index is 9.84. The number of nitrogens with zero attached hydrogens (tertiary/aromatic N) is 3. The van der Waals surface area contributed by atoms with E-state index in [1.165, 1.54) is 0 Å². The molecule has 3 aromatic rings.